The van der Waals surface area contributed by atoms with E-state index in [1.165, 1.54) is 86.2 Å². The van der Waals surface area contributed by atoms with Gasteiger partial charge in [0.15, 0.2) is 0 Å². The first kappa shape index (κ1) is 34.0. The van der Waals surface area contributed by atoms with Gasteiger partial charge in [-0.15, -0.1) is 0 Å². The lowest BCUT2D eigenvalue weighted by atomic mass is 9.88. The van der Waals surface area contributed by atoms with E-state index in [-0.39, 0.29) is 13.2 Å². The van der Waals surface area contributed by atoms with Crippen molar-refractivity contribution in [1.29, 1.82) is 0 Å². The van der Waals surface area contributed by atoms with E-state index in [2.05, 4.69) is 53.8 Å². The van der Waals surface area contributed by atoms with Crippen molar-refractivity contribution >= 4 is 30.4 Å². The maximum absolute atomic E-state index is 12.0. The number of halogens is 1. The molecular formula is C29H54INO4P+. The molecule has 7 heteroatoms. The van der Waals surface area contributed by atoms with Crippen molar-refractivity contribution in [2.24, 2.45) is 0 Å². The zero-order chi connectivity index (χ0) is 26.7. The number of likely N-dealkylation sites (N-methyl/N-ethyl adjacent to an activating group) is 1. The van der Waals surface area contributed by atoms with Gasteiger partial charge in [-0.05, 0) is 65.5 Å². The van der Waals surface area contributed by atoms with Gasteiger partial charge in [-0.3, -0.25) is 9.05 Å². The van der Waals surface area contributed by atoms with Crippen LogP contribution in [0.25, 0.3) is 0 Å². The van der Waals surface area contributed by atoms with Crippen LogP contribution in [0.2, 0.25) is 0 Å². The molecule has 0 aliphatic carbocycles. The minimum Gasteiger partial charge on any atom is -0.329 e. The number of phosphoric acid groups is 1. The van der Waals surface area contributed by atoms with Crippen molar-refractivity contribution in [2.75, 3.05) is 40.9 Å². The molecule has 2 atom stereocenters. The summed E-state index contributed by atoms with van der Waals surface area (Å²) in [4.78, 5) is 9.80. The SMILES string of the molecule is CCCCCCCCCCC(CCCCCCCOP(=O)(O)OCC[N+](C)(C)C)c1ccc(I)cc1. The Morgan fingerprint density at radius 1 is 0.778 bits per heavy atom. The average molecular weight is 639 g/mol. The molecule has 0 amide bonds. The Morgan fingerprint density at radius 3 is 1.78 bits per heavy atom. The van der Waals surface area contributed by atoms with Crippen LogP contribution in [0.15, 0.2) is 24.3 Å². The van der Waals surface area contributed by atoms with Crippen molar-refractivity contribution in [3.05, 3.63) is 33.4 Å². The highest BCUT2D eigenvalue weighted by Crippen LogP contribution is 2.43. The molecule has 0 saturated heterocycles. The summed E-state index contributed by atoms with van der Waals surface area (Å²) >= 11 is 2.39. The van der Waals surface area contributed by atoms with Gasteiger partial charge < -0.3 is 9.38 Å². The first-order valence-corrected chi connectivity index (χ1v) is 16.9. The van der Waals surface area contributed by atoms with E-state index in [4.69, 9.17) is 9.05 Å². The van der Waals surface area contributed by atoms with Gasteiger partial charge in [0, 0.05) is 3.57 Å². The molecule has 5 nitrogen and oxygen atoms in total. The van der Waals surface area contributed by atoms with Gasteiger partial charge in [-0.2, -0.15) is 0 Å². The van der Waals surface area contributed by atoms with E-state index < -0.39 is 7.82 Å². The van der Waals surface area contributed by atoms with Crippen LogP contribution in [-0.2, 0) is 13.6 Å². The number of hydrogen-bond acceptors (Lipinski definition) is 3. The van der Waals surface area contributed by atoms with Gasteiger partial charge >= 0.3 is 7.82 Å². The first-order valence-electron chi connectivity index (χ1n) is 14.3. The summed E-state index contributed by atoms with van der Waals surface area (Å²) in [6.07, 6.45) is 18.9. The monoisotopic (exact) mass is 638 g/mol. The molecule has 0 bridgehead atoms. The number of nitrogens with zero attached hydrogens (tertiary/aromatic N) is 1. The molecule has 1 rings (SSSR count). The van der Waals surface area contributed by atoms with E-state index in [1.807, 2.05) is 21.1 Å². The standard InChI is InChI=1S/C29H53INO4P/c1-5-6-7-8-9-10-12-15-18-27(28-20-22-29(30)23-21-28)19-16-13-11-14-17-25-34-36(32,33)35-26-24-31(2,3)4/h20-23,27H,5-19,24-26H2,1-4H3/p+1. The number of unbranched alkanes of at least 4 members (excludes halogenated alkanes) is 11. The van der Waals surface area contributed by atoms with Gasteiger partial charge in [0.2, 0.25) is 0 Å². The molecule has 0 heterocycles. The number of hydrogen-bond donors (Lipinski definition) is 1. The molecule has 0 fully saturated rings. The predicted molar refractivity (Wildman–Crippen MR) is 161 cm³/mol. The third-order valence-electron chi connectivity index (χ3n) is 6.72. The number of phosphoric ester groups is 1. The van der Waals surface area contributed by atoms with Crippen LogP contribution >= 0.6 is 30.4 Å². The van der Waals surface area contributed by atoms with E-state index in [1.54, 1.807) is 0 Å². The molecule has 1 N–H and O–H groups in total. The average Bonchev–Trinajstić information content (AvgIpc) is 2.80. The van der Waals surface area contributed by atoms with Crippen molar-refractivity contribution in [3.8, 4) is 0 Å². The summed E-state index contributed by atoms with van der Waals surface area (Å²) in [5.74, 6) is 0.662. The highest BCUT2D eigenvalue weighted by Gasteiger charge is 2.22. The van der Waals surface area contributed by atoms with E-state index in [0.29, 0.717) is 16.9 Å². The molecule has 210 valence electrons. The van der Waals surface area contributed by atoms with Crippen molar-refractivity contribution in [3.63, 3.8) is 0 Å². The Bertz CT molecular complexity index is 708. The summed E-state index contributed by atoms with van der Waals surface area (Å²) in [6, 6.07) is 9.12. The minimum atomic E-state index is -3.92. The molecule has 2 unspecified atom stereocenters. The number of rotatable bonds is 23. The zero-order valence-electron chi connectivity index (χ0n) is 23.6. The van der Waals surface area contributed by atoms with Crippen LogP contribution in [0.1, 0.15) is 115 Å². The lowest BCUT2D eigenvalue weighted by Crippen LogP contribution is -2.37. The topological polar surface area (TPSA) is 55.8 Å². The molecule has 1 aromatic carbocycles. The van der Waals surface area contributed by atoms with Crippen molar-refractivity contribution in [2.45, 2.75) is 109 Å². The first-order chi connectivity index (χ1) is 17.1. The fourth-order valence-corrected chi connectivity index (χ4v) is 5.51. The smallest absolute Gasteiger partial charge is 0.329 e. The number of quaternary nitrogens is 1. The van der Waals surface area contributed by atoms with Gasteiger partial charge in [-0.25, -0.2) is 4.57 Å². The maximum Gasteiger partial charge on any atom is 0.472 e. The second-order valence-electron chi connectivity index (χ2n) is 11.2. The van der Waals surface area contributed by atoms with Crippen LogP contribution in [0, 0.1) is 3.57 Å². The highest BCUT2D eigenvalue weighted by atomic mass is 127. The largest absolute Gasteiger partial charge is 0.472 e. The minimum absolute atomic E-state index is 0.220. The summed E-state index contributed by atoms with van der Waals surface area (Å²) in [5, 5.41) is 0. The summed E-state index contributed by atoms with van der Waals surface area (Å²) in [6.45, 7) is 3.44. The quantitative estimate of drug-likeness (QED) is 0.0563. The molecule has 36 heavy (non-hydrogen) atoms. The summed E-state index contributed by atoms with van der Waals surface area (Å²) in [7, 11) is 2.13. The van der Waals surface area contributed by atoms with Gasteiger partial charge in [-0.1, -0.05) is 96.1 Å². The van der Waals surface area contributed by atoms with Crippen LogP contribution in [0.3, 0.4) is 0 Å². The Labute approximate surface area is 236 Å². The second kappa shape index (κ2) is 20.0. The molecule has 0 aromatic heterocycles. The highest BCUT2D eigenvalue weighted by molar-refractivity contribution is 14.1. The van der Waals surface area contributed by atoms with Crippen LogP contribution in [0.5, 0.6) is 0 Å². The number of benzene rings is 1. The fraction of sp³-hybridized carbons (Fsp3) is 0.793. The lowest BCUT2D eigenvalue weighted by molar-refractivity contribution is -0.870. The Balaban J connectivity index is 2.22. The Kier molecular flexibility index (Phi) is 18.9. The predicted octanol–water partition coefficient (Wildman–Crippen LogP) is 9.09. The van der Waals surface area contributed by atoms with E-state index in [9.17, 15) is 9.46 Å². The third kappa shape index (κ3) is 19.1. The molecule has 1 aromatic rings. The second-order valence-corrected chi connectivity index (χ2v) is 13.9. The van der Waals surface area contributed by atoms with Crippen LogP contribution in [0.4, 0.5) is 0 Å². The molecule has 0 spiro atoms. The normalized spacial score (nSPS) is 14.6. The molecular weight excluding hydrogens is 584 g/mol. The molecule has 0 saturated carbocycles. The fourth-order valence-electron chi connectivity index (χ4n) is 4.41. The van der Waals surface area contributed by atoms with E-state index in [0.717, 1.165) is 19.3 Å². The van der Waals surface area contributed by atoms with E-state index >= 15 is 0 Å². The Morgan fingerprint density at radius 2 is 1.25 bits per heavy atom. The summed E-state index contributed by atoms with van der Waals surface area (Å²) in [5.41, 5.74) is 1.50. The van der Waals surface area contributed by atoms with Gasteiger partial charge in [0.05, 0.1) is 27.7 Å². The summed E-state index contributed by atoms with van der Waals surface area (Å²) < 4.78 is 24.1. The van der Waals surface area contributed by atoms with Crippen LogP contribution in [-0.4, -0.2) is 50.3 Å². The lowest BCUT2D eigenvalue weighted by Gasteiger charge is -2.24. The van der Waals surface area contributed by atoms with Crippen LogP contribution < -0.4 is 0 Å². The zero-order valence-corrected chi connectivity index (χ0v) is 26.6. The Hall–Kier alpha value is 0.0200. The maximum atomic E-state index is 12.0. The van der Waals surface area contributed by atoms with Gasteiger partial charge in [0.25, 0.3) is 0 Å². The molecule has 0 radical (unpaired) electrons. The third-order valence-corrected chi connectivity index (χ3v) is 8.45. The van der Waals surface area contributed by atoms with Gasteiger partial charge in [0.1, 0.15) is 13.2 Å². The molecule has 0 aliphatic heterocycles. The molecule has 0 aliphatic rings. The van der Waals surface area contributed by atoms with Crippen molar-refractivity contribution < 1.29 is 23.0 Å². The van der Waals surface area contributed by atoms with Crippen molar-refractivity contribution in [1.82, 2.24) is 0 Å².